The molecular weight excluding hydrogens is 466 g/mol. The Hall–Kier alpha value is -2.65. The maximum Gasteiger partial charge on any atom is 0.263 e. The fraction of sp³-hybridized carbons (Fsp3) is 0.308. The van der Waals surface area contributed by atoms with Crippen LogP contribution in [-0.2, 0) is 4.74 Å². The van der Waals surface area contributed by atoms with Crippen molar-refractivity contribution in [2.45, 2.75) is 4.90 Å². The van der Waals surface area contributed by atoms with Crippen LogP contribution in [0.25, 0.3) is 21.0 Å². The van der Waals surface area contributed by atoms with Gasteiger partial charge in [0.25, 0.3) is 5.91 Å². The molecule has 1 aromatic heterocycles. The number of methoxy groups -OCH3 is 1. The number of rotatable bonds is 7. The first-order chi connectivity index (χ1) is 16.7. The fourth-order valence-electron chi connectivity index (χ4n) is 4.24. The lowest BCUT2D eigenvalue weighted by Gasteiger charge is -2.29. The molecule has 1 fully saturated rings. The molecule has 6 nitrogen and oxygen atoms in total. The van der Waals surface area contributed by atoms with Crippen molar-refractivity contribution in [1.82, 2.24) is 9.88 Å². The molecule has 0 unspecified atom stereocenters. The predicted octanol–water partition coefficient (Wildman–Crippen LogP) is 5.16. The number of morpholine rings is 1. The van der Waals surface area contributed by atoms with Gasteiger partial charge in [0.05, 0.1) is 36.1 Å². The topological polar surface area (TPSA) is 54.9 Å². The molecular formula is C26H27N3O3S2. The number of carbonyl (C=O) groups is 1. The zero-order valence-electron chi connectivity index (χ0n) is 19.3. The van der Waals surface area contributed by atoms with E-state index in [1.165, 1.54) is 0 Å². The van der Waals surface area contributed by atoms with Crippen molar-refractivity contribution in [3.05, 3.63) is 60.2 Å². The molecule has 1 saturated heterocycles. The smallest absolute Gasteiger partial charge is 0.263 e. The van der Waals surface area contributed by atoms with E-state index in [-0.39, 0.29) is 5.91 Å². The average Bonchev–Trinajstić information content (AvgIpc) is 3.32. The largest absolute Gasteiger partial charge is 0.496 e. The summed E-state index contributed by atoms with van der Waals surface area (Å²) in [7, 11) is 1.61. The quantitative estimate of drug-likeness (QED) is 0.332. The van der Waals surface area contributed by atoms with Crippen LogP contribution in [0.3, 0.4) is 0 Å². The minimum atomic E-state index is -0.0966. The molecule has 2 heterocycles. The lowest BCUT2D eigenvalue weighted by molar-refractivity contribution is 0.0391. The monoisotopic (exact) mass is 493 g/mol. The molecule has 0 aliphatic carbocycles. The standard InChI is InChI=1S/C26H27N3O3S2/c1-31-21-17-19-7-4-3-6-18(19)16-20(21)25(30)29(11-10-28-12-14-32-15-13-28)26-27-24-22(33-2)8-5-9-23(24)34-26/h3-9,16-17H,10-15H2,1-2H3. The van der Waals surface area contributed by atoms with Crippen LogP contribution in [0.4, 0.5) is 5.13 Å². The van der Waals surface area contributed by atoms with E-state index in [2.05, 4.69) is 23.3 Å². The maximum atomic E-state index is 14.0. The summed E-state index contributed by atoms with van der Waals surface area (Å²) in [5.74, 6) is 0.478. The lowest BCUT2D eigenvalue weighted by Crippen LogP contribution is -2.43. The third-order valence-corrected chi connectivity index (χ3v) is 7.92. The highest BCUT2D eigenvalue weighted by Crippen LogP contribution is 2.36. The Morgan fingerprint density at radius 2 is 1.91 bits per heavy atom. The van der Waals surface area contributed by atoms with Gasteiger partial charge in [-0.15, -0.1) is 11.8 Å². The lowest BCUT2D eigenvalue weighted by atomic mass is 10.0. The molecule has 1 aliphatic heterocycles. The zero-order valence-corrected chi connectivity index (χ0v) is 21.0. The van der Waals surface area contributed by atoms with Gasteiger partial charge in [-0.1, -0.05) is 41.7 Å². The van der Waals surface area contributed by atoms with Crippen molar-refractivity contribution >= 4 is 55.1 Å². The van der Waals surface area contributed by atoms with Crippen molar-refractivity contribution in [3.8, 4) is 5.75 Å². The van der Waals surface area contributed by atoms with Gasteiger partial charge >= 0.3 is 0 Å². The van der Waals surface area contributed by atoms with Gasteiger partial charge in [-0.05, 0) is 41.3 Å². The molecule has 176 valence electrons. The van der Waals surface area contributed by atoms with Gasteiger partial charge in [0.2, 0.25) is 0 Å². The van der Waals surface area contributed by atoms with Crippen LogP contribution in [0.2, 0.25) is 0 Å². The van der Waals surface area contributed by atoms with Gasteiger partial charge in [0.15, 0.2) is 5.13 Å². The molecule has 1 amide bonds. The van der Waals surface area contributed by atoms with Gasteiger partial charge in [0.1, 0.15) is 5.75 Å². The van der Waals surface area contributed by atoms with E-state index in [1.807, 2.05) is 47.4 Å². The van der Waals surface area contributed by atoms with Crippen molar-refractivity contribution < 1.29 is 14.3 Å². The zero-order chi connectivity index (χ0) is 23.5. The Kier molecular flexibility index (Phi) is 7.01. The summed E-state index contributed by atoms with van der Waals surface area (Å²) < 4.78 is 12.2. The first-order valence-corrected chi connectivity index (χ1v) is 13.3. The van der Waals surface area contributed by atoms with E-state index in [0.29, 0.717) is 23.0 Å². The molecule has 0 N–H and O–H groups in total. The van der Waals surface area contributed by atoms with E-state index in [4.69, 9.17) is 14.5 Å². The number of thioether (sulfide) groups is 1. The molecule has 0 saturated carbocycles. The van der Waals surface area contributed by atoms with Crippen molar-refractivity contribution in [3.63, 3.8) is 0 Å². The third kappa shape index (κ3) is 4.63. The van der Waals surface area contributed by atoms with Gasteiger partial charge in [-0.3, -0.25) is 14.6 Å². The number of ether oxygens (including phenoxy) is 2. The molecule has 4 aromatic rings. The number of nitrogens with zero attached hydrogens (tertiary/aromatic N) is 3. The predicted molar refractivity (Wildman–Crippen MR) is 141 cm³/mol. The number of benzene rings is 3. The van der Waals surface area contributed by atoms with Crippen LogP contribution in [0.1, 0.15) is 10.4 Å². The molecule has 0 atom stereocenters. The van der Waals surface area contributed by atoms with Crippen LogP contribution in [0.5, 0.6) is 5.75 Å². The number of carbonyl (C=O) groups excluding carboxylic acids is 1. The highest BCUT2D eigenvalue weighted by molar-refractivity contribution is 7.98. The molecule has 34 heavy (non-hydrogen) atoms. The number of anilines is 1. The van der Waals surface area contributed by atoms with E-state index < -0.39 is 0 Å². The number of hydrogen-bond donors (Lipinski definition) is 0. The highest BCUT2D eigenvalue weighted by atomic mass is 32.2. The van der Waals surface area contributed by atoms with Crippen LogP contribution in [0.15, 0.2) is 59.5 Å². The van der Waals surface area contributed by atoms with Crippen LogP contribution < -0.4 is 9.64 Å². The fourth-order valence-corrected chi connectivity index (χ4v) is 5.89. The van der Waals surface area contributed by atoms with Crippen LogP contribution in [0, 0.1) is 0 Å². The van der Waals surface area contributed by atoms with E-state index in [1.54, 1.807) is 30.2 Å². The SMILES string of the molecule is COc1cc2ccccc2cc1C(=O)N(CCN1CCOCC1)c1nc2c(SC)cccc2s1. The van der Waals surface area contributed by atoms with Gasteiger partial charge < -0.3 is 9.47 Å². The van der Waals surface area contributed by atoms with Gasteiger partial charge in [-0.2, -0.15) is 0 Å². The summed E-state index contributed by atoms with van der Waals surface area (Å²) in [4.78, 5) is 24.2. The summed E-state index contributed by atoms with van der Waals surface area (Å²) >= 11 is 3.23. The Morgan fingerprint density at radius 1 is 1.15 bits per heavy atom. The van der Waals surface area contributed by atoms with E-state index >= 15 is 0 Å². The van der Waals surface area contributed by atoms with Gasteiger partial charge in [-0.25, -0.2) is 4.98 Å². The van der Waals surface area contributed by atoms with E-state index in [9.17, 15) is 4.79 Å². The first-order valence-electron chi connectivity index (χ1n) is 11.3. The number of thiazole rings is 1. The Balaban J connectivity index is 1.55. The second-order valence-corrected chi connectivity index (χ2v) is 9.97. The summed E-state index contributed by atoms with van der Waals surface area (Å²) in [5, 5.41) is 2.76. The van der Waals surface area contributed by atoms with Gasteiger partial charge in [0, 0.05) is 31.1 Å². The first kappa shape index (κ1) is 23.1. The number of amides is 1. The summed E-state index contributed by atoms with van der Waals surface area (Å²) in [6.45, 7) is 4.50. The number of aromatic nitrogens is 1. The molecule has 0 radical (unpaired) electrons. The Morgan fingerprint density at radius 3 is 2.65 bits per heavy atom. The molecule has 0 spiro atoms. The second-order valence-electron chi connectivity index (χ2n) is 8.11. The summed E-state index contributed by atoms with van der Waals surface area (Å²) in [5.41, 5.74) is 1.50. The number of para-hydroxylation sites is 1. The molecule has 0 bridgehead atoms. The number of hydrogen-bond acceptors (Lipinski definition) is 7. The normalized spacial score (nSPS) is 14.5. The average molecular weight is 494 g/mol. The van der Waals surface area contributed by atoms with Crippen molar-refractivity contribution in [2.24, 2.45) is 0 Å². The van der Waals surface area contributed by atoms with Crippen LogP contribution in [-0.4, -0.2) is 68.5 Å². The van der Waals surface area contributed by atoms with Crippen LogP contribution >= 0.6 is 23.1 Å². The van der Waals surface area contributed by atoms with E-state index in [0.717, 1.165) is 58.7 Å². The summed E-state index contributed by atoms with van der Waals surface area (Å²) in [6, 6.07) is 18.1. The molecule has 5 rings (SSSR count). The Labute approximate surface area is 207 Å². The summed E-state index contributed by atoms with van der Waals surface area (Å²) in [6.07, 6.45) is 2.05. The molecule has 1 aliphatic rings. The minimum absolute atomic E-state index is 0.0966. The maximum absolute atomic E-state index is 14.0. The Bertz CT molecular complexity index is 1320. The second kappa shape index (κ2) is 10.3. The molecule has 8 heteroatoms. The number of fused-ring (bicyclic) bond motifs is 2. The third-order valence-electron chi connectivity index (χ3n) is 6.11. The highest BCUT2D eigenvalue weighted by Gasteiger charge is 2.26. The minimum Gasteiger partial charge on any atom is -0.496 e. The van der Waals surface area contributed by atoms with Crippen molar-refractivity contribution in [2.75, 3.05) is 57.7 Å². The molecule has 3 aromatic carbocycles. The van der Waals surface area contributed by atoms with Crippen molar-refractivity contribution in [1.29, 1.82) is 0 Å².